The molecule has 0 radical (unpaired) electrons. The molecular formula is C16H16FN3O. The van der Waals surface area contributed by atoms with Gasteiger partial charge in [0.2, 0.25) is 5.91 Å². The maximum atomic E-state index is 12.9. The number of anilines is 1. The molecule has 0 bridgehead atoms. The van der Waals surface area contributed by atoms with Crippen LogP contribution in [0, 0.1) is 5.82 Å². The molecule has 21 heavy (non-hydrogen) atoms. The summed E-state index contributed by atoms with van der Waals surface area (Å²) < 4.78 is 12.9. The van der Waals surface area contributed by atoms with Gasteiger partial charge in [-0.25, -0.2) is 15.2 Å². The lowest BCUT2D eigenvalue weighted by atomic mass is 10.0. The lowest BCUT2D eigenvalue weighted by Crippen LogP contribution is -2.39. The monoisotopic (exact) mass is 285 g/mol. The zero-order chi connectivity index (χ0) is 14.7. The van der Waals surface area contributed by atoms with Gasteiger partial charge in [0.1, 0.15) is 11.9 Å². The second-order valence-electron chi connectivity index (χ2n) is 5.04. The highest BCUT2D eigenvalue weighted by Gasteiger charge is 2.30. The standard InChI is InChI=1S/C16H16FN3O/c17-12-8-6-11(7-9-12)14-10-15(20-19-14)16(21)18-13-4-2-1-3-5-13/h1-9,14-15,19-20H,10H2,(H,18,21). The first kappa shape index (κ1) is 13.7. The molecular weight excluding hydrogens is 269 g/mol. The number of halogens is 1. The third-order valence-corrected chi connectivity index (χ3v) is 3.53. The molecule has 108 valence electrons. The fourth-order valence-corrected chi connectivity index (χ4v) is 2.39. The summed E-state index contributed by atoms with van der Waals surface area (Å²) in [7, 11) is 0. The van der Waals surface area contributed by atoms with Crippen molar-refractivity contribution in [1.82, 2.24) is 10.9 Å². The van der Waals surface area contributed by atoms with Crippen molar-refractivity contribution in [2.45, 2.75) is 18.5 Å². The van der Waals surface area contributed by atoms with Gasteiger partial charge in [0.25, 0.3) is 0 Å². The minimum Gasteiger partial charge on any atom is -0.325 e. The molecule has 0 saturated carbocycles. The first-order valence-electron chi connectivity index (χ1n) is 6.85. The normalized spacial score (nSPS) is 21.2. The molecule has 3 rings (SSSR count). The maximum Gasteiger partial charge on any atom is 0.242 e. The van der Waals surface area contributed by atoms with Gasteiger partial charge in [-0.15, -0.1) is 0 Å². The Labute approximate surface area is 122 Å². The van der Waals surface area contributed by atoms with Crippen molar-refractivity contribution in [2.75, 3.05) is 5.32 Å². The van der Waals surface area contributed by atoms with Crippen molar-refractivity contribution in [3.05, 3.63) is 66.0 Å². The van der Waals surface area contributed by atoms with E-state index in [2.05, 4.69) is 16.2 Å². The molecule has 1 amide bonds. The highest BCUT2D eigenvalue weighted by atomic mass is 19.1. The molecule has 1 aliphatic heterocycles. The van der Waals surface area contributed by atoms with Crippen LogP contribution in [-0.4, -0.2) is 11.9 Å². The van der Waals surface area contributed by atoms with E-state index in [-0.39, 0.29) is 23.8 Å². The zero-order valence-corrected chi connectivity index (χ0v) is 11.3. The summed E-state index contributed by atoms with van der Waals surface area (Å²) in [6.07, 6.45) is 0.615. The highest BCUT2D eigenvalue weighted by Crippen LogP contribution is 2.23. The van der Waals surface area contributed by atoms with Crippen LogP contribution >= 0.6 is 0 Å². The molecule has 1 fully saturated rings. The van der Waals surface area contributed by atoms with Crippen LogP contribution in [0.2, 0.25) is 0 Å². The molecule has 4 nitrogen and oxygen atoms in total. The van der Waals surface area contributed by atoms with Crippen LogP contribution in [0.4, 0.5) is 10.1 Å². The van der Waals surface area contributed by atoms with Gasteiger partial charge in [-0.1, -0.05) is 30.3 Å². The number of hydrogen-bond acceptors (Lipinski definition) is 3. The van der Waals surface area contributed by atoms with Crippen LogP contribution < -0.4 is 16.2 Å². The Morgan fingerprint density at radius 2 is 1.76 bits per heavy atom. The molecule has 1 heterocycles. The first-order chi connectivity index (χ1) is 10.2. The Balaban J connectivity index is 1.61. The van der Waals surface area contributed by atoms with E-state index in [4.69, 9.17) is 0 Å². The molecule has 2 unspecified atom stereocenters. The SMILES string of the molecule is O=C(Nc1ccccc1)C1CC(c2ccc(F)cc2)NN1. The van der Waals surface area contributed by atoms with E-state index in [0.29, 0.717) is 6.42 Å². The quantitative estimate of drug-likeness (QED) is 0.811. The summed E-state index contributed by atoms with van der Waals surface area (Å²) >= 11 is 0. The summed E-state index contributed by atoms with van der Waals surface area (Å²) in [5.41, 5.74) is 7.79. The van der Waals surface area contributed by atoms with Gasteiger partial charge < -0.3 is 5.32 Å². The van der Waals surface area contributed by atoms with Crippen molar-refractivity contribution in [1.29, 1.82) is 0 Å². The third kappa shape index (κ3) is 3.26. The Bertz CT molecular complexity index is 615. The van der Waals surface area contributed by atoms with Crippen LogP contribution in [0.1, 0.15) is 18.0 Å². The van der Waals surface area contributed by atoms with Gasteiger partial charge in [-0.2, -0.15) is 0 Å². The summed E-state index contributed by atoms with van der Waals surface area (Å²) in [5, 5.41) is 2.86. The lowest BCUT2D eigenvalue weighted by Gasteiger charge is -2.10. The lowest BCUT2D eigenvalue weighted by molar-refractivity contribution is -0.117. The van der Waals surface area contributed by atoms with Crippen LogP contribution in [0.25, 0.3) is 0 Å². The summed E-state index contributed by atoms with van der Waals surface area (Å²) in [4.78, 5) is 12.2. The van der Waals surface area contributed by atoms with E-state index in [1.807, 2.05) is 30.3 Å². The molecule has 0 aromatic heterocycles. The van der Waals surface area contributed by atoms with E-state index in [1.54, 1.807) is 12.1 Å². The van der Waals surface area contributed by atoms with Crippen LogP contribution in [-0.2, 0) is 4.79 Å². The van der Waals surface area contributed by atoms with Gasteiger partial charge >= 0.3 is 0 Å². The van der Waals surface area contributed by atoms with Gasteiger partial charge in [-0.05, 0) is 36.2 Å². The molecule has 2 aromatic carbocycles. The maximum absolute atomic E-state index is 12.9. The Hall–Kier alpha value is -2.24. The fourth-order valence-electron chi connectivity index (χ4n) is 2.39. The average Bonchev–Trinajstić information content (AvgIpc) is 2.99. The first-order valence-corrected chi connectivity index (χ1v) is 6.85. The van der Waals surface area contributed by atoms with Crippen molar-refractivity contribution < 1.29 is 9.18 Å². The predicted octanol–water partition coefficient (Wildman–Crippen LogP) is 2.37. The number of benzene rings is 2. The Morgan fingerprint density at radius 3 is 2.48 bits per heavy atom. The van der Waals surface area contributed by atoms with Crippen molar-refractivity contribution in [3.8, 4) is 0 Å². The van der Waals surface area contributed by atoms with Gasteiger partial charge in [0.05, 0.1) is 0 Å². The summed E-state index contributed by atoms with van der Waals surface area (Å²) in [5.74, 6) is -0.346. The van der Waals surface area contributed by atoms with E-state index in [9.17, 15) is 9.18 Å². The fraction of sp³-hybridized carbons (Fsp3) is 0.188. The van der Waals surface area contributed by atoms with Crippen LogP contribution in [0.3, 0.4) is 0 Å². The molecule has 1 aliphatic rings. The minimum absolute atomic E-state index is 0.00266. The highest BCUT2D eigenvalue weighted by molar-refractivity contribution is 5.95. The number of hydrogen-bond donors (Lipinski definition) is 3. The van der Waals surface area contributed by atoms with Crippen LogP contribution in [0.15, 0.2) is 54.6 Å². The number of rotatable bonds is 3. The number of amides is 1. The predicted molar refractivity (Wildman–Crippen MR) is 78.9 cm³/mol. The molecule has 0 aliphatic carbocycles. The smallest absolute Gasteiger partial charge is 0.242 e. The molecule has 3 N–H and O–H groups in total. The molecule has 0 spiro atoms. The second kappa shape index (κ2) is 6.03. The zero-order valence-electron chi connectivity index (χ0n) is 11.3. The molecule has 2 aromatic rings. The van der Waals surface area contributed by atoms with E-state index in [1.165, 1.54) is 12.1 Å². The molecule has 5 heteroatoms. The minimum atomic E-state index is -0.319. The van der Waals surface area contributed by atoms with Gasteiger partial charge in [-0.3, -0.25) is 4.79 Å². The number of para-hydroxylation sites is 1. The largest absolute Gasteiger partial charge is 0.325 e. The summed E-state index contributed by atoms with van der Waals surface area (Å²) in [6, 6.07) is 15.3. The Morgan fingerprint density at radius 1 is 1.05 bits per heavy atom. The van der Waals surface area contributed by atoms with Crippen molar-refractivity contribution in [3.63, 3.8) is 0 Å². The van der Waals surface area contributed by atoms with E-state index < -0.39 is 0 Å². The number of hydrazine groups is 1. The third-order valence-electron chi connectivity index (χ3n) is 3.53. The topological polar surface area (TPSA) is 53.2 Å². The van der Waals surface area contributed by atoms with E-state index in [0.717, 1.165) is 11.3 Å². The molecule has 1 saturated heterocycles. The number of carbonyl (C=O) groups is 1. The molecule has 2 atom stereocenters. The van der Waals surface area contributed by atoms with Crippen molar-refractivity contribution >= 4 is 11.6 Å². The van der Waals surface area contributed by atoms with Crippen molar-refractivity contribution in [2.24, 2.45) is 0 Å². The Kier molecular flexibility index (Phi) is 3.94. The average molecular weight is 285 g/mol. The second-order valence-corrected chi connectivity index (χ2v) is 5.04. The van der Waals surface area contributed by atoms with Gasteiger partial charge in [0.15, 0.2) is 0 Å². The number of nitrogens with one attached hydrogen (secondary N) is 3. The summed E-state index contributed by atoms with van der Waals surface area (Å²) in [6.45, 7) is 0. The van der Waals surface area contributed by atoms with E-state index >= 15 is 0 Å². The number of carbonyl (C=O) groups excluding carboxylic acids is 1. The van der Waals surface area contributed by atoms with Gasteiger partial charge in [0, 0.05) is 11.7 Å². The van der Waals surface area contributed by atoms with Crippen LogP contribution in [0.5, 0.6) is 0 Å².